The van der Waals surface area contributed by atoms with Gasteiger partial charge in [-0.15, -0.1) is 0 Å². The van der Waals surface area contributed by atoms with E-state index < -0.39 is 0 Å². The van der Waals surface area contributed by atoms with Crippen LogP contribution in [0.4, 0.5) is 5.69 Å². The molecule has 1 fully saturated rings. The molecule has 0 radical (unpaired) electrons. The SMILES string of the molecule is CCC(C)C(N)CN(C(C)=O)c1ccc(OCC2CCC2)cc1. The lowest BCUT2D eigenvalue weighted by Gasteiger charge is -2.28. The van der Waals surface area contributed by atoms with Crippen LogP contribution in [0.2, 0.25) is 0 Å². The first-order chi connectivity index (χ1) is 11.0. The molecule has 2 unspecified atom stereocenters. The lowest BCUT2D eigenvalue weighted by atomic mass is 9.86. The summed E-state index contributed by atoms with van der Waals surface area (Å²) in [7, 11) is 0. The molecule has 2 atom stereocenters. The fourth-order valence-corrected chi connectivity index (χ4v) is 2.71. The molecule has 1 aliphatic rings. The number of ether oxygens (including phenoxy) is 1. The Kier molecular flexibility index (Phi) is 6.46. The number of hydrogen-bond acceptors (Lipinski definition) is 3. The van der Waals surface area contributed by atoms with Gasteiger partial charge in [0.25, 0.3) is 0 Å². The zero-order valence-electron chi connectivity index (χ0n) is 14.6. The molecule has 1 amide bonds. The maximum Gasteiger partial charge on any atom is 0.223 e. The molecule has 1 aromatic rings. The van der Waals surface area contributed by atoms with Gasteiger partial charge in [-0.3, -0.25) is 4.79 Å². The molecule has 0 saturated heterocycles. The average molecular weight is 318 g/mol. The third-order valence-electron chi connectivity index (χ3n) is 5.01. The van der Waals surface area contributed by atoms with Gasteiger partial charge in [0.1, 0.15) is 5.75 Å². The summed E-state index contributed by atoms with van der Waals surface area (Å²) in [5.74, 6) is 2.00. The molecule has 4 heteroatoms. The molecule has 2 N–H and O–H groups in total. The van der Waals surface area contributed by atoms with Crippen LogP contribution in [0.25, 0.3) is 0 Å². The summed E-state index contributed by atoms with van der Waals surface area (Å²) in [5, 5.41) is 0. The van der Waals surface area contributed by atoms with Crippen molar-refractivity contribution in [3.05, 3.63) is 24.3 Å². The summed E-state index contributed by atoms with van der Waals surface area (Å²) < 4.78 is 5.81. The third-order valence-corrected chi connectivity index (χ3v) is 5.01. The molecule has 4 nitrogen and oxygen atoms in total. The minimum absolute atomic E-state index is 0.0153. The van der Waals surface area contributed by atoms with E-state index in [0.29, 0.717) is 12.5 Å². The average Bonchev–Trinajstić information content (AvgIpc) is 2.50. The second-order valence-electron chi connectivity index (χ2n) is 6.78. The number of nitrogens with two attached hydrogens (primary N) is 1. The van der Waals surface area contributed by atoms with E-state index in [0.717, 1.165) is 30.4 Å². The van der Waals surface area contributed by atoms with Crippen LogP contribution in [-0.4, -0.2) is 25.1 Å². The lowest BCUT2D eigenvalue weighted by Crippen LogP contribution is -2.43. The summed E-state index contributed by atoms with van der Waals surface area (Å²) in [5.41, 5.74) is 7.10. The van der Waals surface area contributed by atoms with Gasteiger partial charge in [0.15, 0.2) is 0 Å². The van der Waals surface area contributed by atoms with Crippen molar-refractivity contribution in [2.75, 3.05) is 18.1 Å². The van der Waals surface area contributed by atoms with E-state index in [9.17, 15) is 4.79 Å². The predicted molar refractivity (Wildman–Crippen MR) is 94.7 cm³/mol. The first-order valence-corrected chi connectivity index (χ1v) is 8.77. The van der Waals surface area contributed by atoms with Crippen molar-refractivity contribution >= 4 is 11.6 Å². The third kappa shape index (κ3) is 4.96. The Morgan fingerprint density at radius 3 is 2.48 bits per heavy atom. The molecule has 0 heterocycles. The minimum atomic E-state index is -0.0153. The largest absolute Gasteiger partial charge is 0.493 e. The molecule has 0 aromatic heterocycles. The molecular formula is C19H30N2O2. The van der Waals surface area contributed by atoms with Crippen molar-refractivity contribution in [1.29, 1.82) is 0 Å². The van der Waals surface area contributed by atoms with Crippen LogP contribution in [0.15, 0.2) is 24.3 Å². The summed E-state index contributed by atoms with van der Waals surface area (Å²) in [4.78, 5) is 13.7. The Morgan fingerprint density at radius 2 is 2.00 bits per heavy atom. The Labute approximate surface area is 140 Å². The number of nitrogens with zero attached hydrogens (tertiary/aromatic N) is 1. The normalized spacial score (nSPS) is 17.2. The van der Waals surface area contributed by atoms with Crippen molar-refractivity contribution in [2.45, 2.75) is 52.5 Å². The maximum absolute atomic E-state index is 12.0. The molecule has 1 aromatic carbocycles. The number of anilines is 1. The van der Waals surface area contributed by atoms with E-state index in [-0.39, 0.29) is 11.9 Å². The van der Waals surface area contributed by atoms with Crippen LogP contribution in [0, 0.1) is 11.8 Å². The Bertz CT molecular complexity index is 497. The van der Waals surface area contributed by atoms with Gasteiger partial charge < -0.3 is 15.4 Å². The van der Waals surface area contributed by atoms with Crippen LogP contribution >= 0.6 is 0 Å². The monoisotopic (exact) mass is 318 g/mol. The van der Waals surface area contributed by atoms with Crippen LogP contribution in [0.5, 0.6) is 5.75 Å². The Morgan fingerprint density at radius 1 is 1.35 bits per heavy atom. The van der Waals surface area contributed by atoms with Crippen molar-refractivity contribution < 1.29 is 9.53 Å². The van der Waals surface area contributed by atoms with Gasteiger partial charge in [0.05, 0.1) is 6.61 Å². The van der Waals surface area contributed by atoms with E-state index in [1.807, 2.05) is 24.3 Å². The van der Waals surface area contributed by atoms with Crippen molar-refractivity contribution in [3.8, 4) is 5.75 Å². The van der Waals surface area contributed by atoms with Crippen LogP contribution in [0.1, 0.15) is 46.5 Å². The van der Waals surface area contributed by atoms with E-state index in [2.05, 4.69) is 13.8 Å². The summed E-state index contributed by atoms with van der Waals surface area (Å²) in [6, 6.07) is 7.76. The smallest absolute Gasteiger partial charge is 0.223 e. The number of hydrogen-bond donors (Lipinski definition) is 1. The minimum Gasteiger partial charge on any atom is -0.493 e. The van der Waals surface area contributed by atoms with Crippen molar-refractivity contribution in [3.63, 3.8) is 0 Å². The van der Waals surface area contributed by atoms with Crippen LogP contribution < -0.4 is 15.4 Å². The van der Waals surface area contributed by atoms with Crippen LogP contribution in [0.3, 0.4) is 0 Å². The van der Waals surface area contributed by atoms with E-state index in [4.69, 9.17) is 10.5 Å². The summed E-state index contributed by atoms with van der Waals surface area (Å²) >= 11 is 0. The van der Waals surface area contributed by atoms with Gasteiger partial charge in [-0.25, -0.2) is 0 Å². The molecule has 1 aliphatic carbocycles. The van der Waals surface area contributed by atoms with Gasteiger partial charge in [-0.1, -0.05) is 26.7 Å². The van der Waals surface area contributed by atoms with Gasteiger partial charge in [-0.05, 0) is 48.9 Å². The van der Waals surface area contributed by atoms with Gasteiger partial charge >= 0.3 is 0 Å². The highest BCUT2D eigenvalue weighted by molar-refractivity contribution is 5.91. The molecule has 1 saturated carbocycles. The first kappa shape index (κ1) is 17.8. The number of rotatable bonds is 8. The number of benzene rings is 1. The molecule has 0 spiro atoms. The van der Waals surface area contributed by atoms with Gasteiger partial charge in [0, 0.05) is 25.2 Å². The molecule has 23 heavy (non-hydrogen) atoms. The fourth-order valence-electron chi connectivity index (χ4n) is 2.71. The highest BCUT2D eigenvalue weighted by Crippen LogP contribution is 2.28. The van der Waals surface area contributed by atoms with E-state index >= 15 is 0 Å². The van der Waals surface area contributed by atoms with Crippen molar-refractivity contribution in [2.24, 2.45) is 17.6 Å². The maximum atomic E-state index is 12.0. The number of carbonyl (C=O) groups excluding carboxylic acids is 1. The Balaban J connectivity index is 1.96. The molecule has 2 rings (SSSR count). The van der Waals surface area contributed by atoms with E-state index in [1.165, 1.54) is 19.3 Å². The number of carbonyl (C=O) groups is 1. The standard InChI is InChI=1S/C19H30N2O2/c1-4-14(2)19(20)12-21(15(3)22)17-8-10-18(11-9-17)23-13-16-6-5-7-16/h8-11,14,16,19H,4-7,12-13,20H2,1-3H3. The van der Waals surface area contributed by atoms with E-state index in [1.54, 1.807) is 11.8 Å². The Hall–Kier alpha value is -1.55. The zero-order valence-corrected chi connectivity index (χ0v) is 14.6. The predicted octanol–water partition coefficient (Wildman–Crippen LogP) is 3.59. The highest BCUT2D eigenvalue weighted by atomic mass is 16.5. The second kappa shape index (κ2) is 8.34. The molecule has 0 bridgehead atoms. The topological polar surface area (TPSA) is 55.6 Å². The summed E-state index contributed by atoms with van der Waals surface area (Å²) in [6.45, 7) is 7.18. The van der Waals surface area contributed by atoms with Gasteiger partial charge in [-0.2, -0.15) is 0 Å². The molecule has 128 valence electrons. The summed E-state index contributed by atoms with van der Waals surface area (Å²) in [6.07, 6.45) is 4.91. The van der Waals surface area contributed by atoms with Gasteiger partial charge in [0.2, 0.25) is 5.91 Å². The molecule has 0 aliphatic heterocycles. The number of amides is 1. The lowest BCUT2D eigenvalue weighted by molar-refractivity contribution is -0.116. The fraction of sp³-hybridized carbons (Fsp3) is 0.632. The highest BCUT2D eigenvalue weighted by Gasteiger charge is 2.20. The first-order valence-electron chi connectivity index (χ1n) is 8.77. The van der Waals surface area contributed by atoms with Crippen molar-refractivity contribution in [1.82, 2.24) is 0 Å². The van der Waals surface area contributed by atoms with Crippen LogP contribution in [-0.2, 0) is 4.79 Å². The molecular weight excluding hydrogens is 288 g/mol. The zero-order chi connectivity index (χ0) is 16.8. The second-order valence-corrected chi connectivity index (χ2v) is 6.78. The quantitative estimate of drug-likeness (QED) is 0.797.